The fourth-order valence-corrected chi connectivity index (χ4v) is 5.90. The summed E-state index contributed by atoms with van der Waals surface area (Å²) in [6, 6.07) is -1.59. The van der Waals surface area contributed by atoms with E-state index in [2.05, 4.69) is 5.32 Å². The first kappa shape index (κ1) is 23.9. The Morgan fingerprint density at radius 2 is 1.83 bits per heavy atom. The van der Waals surface area contributed by atoms with Gasteiger partial charge < -0.3 is 37.2 Å². The molecule has 0 bridgehead atoms. The van der Waals surface area contributed by atoms with E-state index in [4.69, 9.17) is 11.5 Å². The van der Waals surface area contributed by atoms with Crippen LogP contribution in [0.2, 0.25) is 0 Å². The Labute approximate surface area is 202 Å². The van der Waals surface area contributed by atoms with Crippen molar-refractivity contribution in [2.75, 3.05) is 18.9 Å². The van der Waals surface area contributed by atoms with E-state index in [0.29, 0.717) is 0 Å². The van der Waals surface area contributed by atoms with E-state index in [1.807, 2.05) is 0 Å². The highest BCUT2D eigenvalue weighted by Gasteiger charge is 2.63. The van der Waals surface area contributed by atoms with E-state index in [1.165, 1.54) is 4.90 Å². The van der Waals surface area contributed by atoms with Crippen molar-refractivity contribution in [3.05, 3.63) is 39.4 Å². The number of benzene rings is 1. The second-order valence-corrected chi connectivity index (χ2v) is 9.67. The molecule has 9 N–H and O–H groups in total. The summed E-state index contributed by atoms with van der Waals surface area (Å²) in [7, 11) is 1.59. The molecule has 1 aromatic carbocycles. The van der Waals surface area contributed by atoms with Crippen LogP contribution < -0.4 is 16.8 Å². The number of primary amides is 1. The lowest BCUT2D eigenvalue weighted by molar-refractivity contribution is -0.149. The Balaban J connectivity index is 1.74. The van der Waals surface area contributed by atoms with Crippen molar-refractivity contribution in [1.29, 1.82) is 0 Å². The molecule has 2 amide bonds. The number of aliphatic hydroxyl groups excluding tert-OH is 2. The van der Waals surface area contributed by atoms with Crippen LogP contribution in [-0.2, 0) is 32.1 Å². The highest BCUT2D eigenvalue weighted by atomic mass is 19.1. The summed E-state index contributed by atoms with van der Waals surface area (Å²) in [4.78, 5) is 51.6. The summed E-state index contributed by atoms with van der Waals surface area (Å²) in [5, 5.41) is 46.4. The van der Waals surface area contributed by atoms with Crippen LogP contribution in [0.15, 0.2) is 16.9 Å². The van der Waals surface area contributed by atoms with Crippen molar-refractivity contribution in [3.8, 4) is 5.75 Å². The van der Waals surface area contributed by atoms with Crippen molar-refractivity contribution < 1.29 is 44.0 Å². The average Bonchev–Trinajstić information content (AvgIpc) is 2.95. The third kappa shape index (κ3) is 2.90. The molecule has 1 aromatic rings. The molecule has 1 fully saturated rings. The van der Waals surface area contributed by atoms with Crippen molar-refractivity contribution in [2.24, 2.45) is 23.3 Å². The maximum Gasteiger partial charge on any atom is 0.255 e. The van der Waals surface area contributed by atoms with E-state index < -0.39 is 86.7 Å². The summed E-state index contributed by atoms with van der Waals surface area (Å²) in [6.07, 6.45) is -0.455. The van der Waals surface area contributed by atoms with Gasteiger partial charge in [0, 0.05) is 29.2 Å². The van der Waals surface area contributed by atoms with Gasteiger partial charge in [-0.25, -0.2) is 4.39 Å². The number of nitrogens with one attached hydrogen (secondary N) is 1. The predicted octanol–water partition coefficient (Wildman–Crippen LogP) is -1.12. The number of likely N-dealkylation sites (N-methyl/N-ethyl adjacent to an activating group) is 1. The van der Waals surface area contributed by atoms with Crippen molar-refractivity contribution in [3.63, 3.8) is 0 Å². The summed E-state index contributed by atoms with van der Waals surface area (Å²) in [5.41, 5.74) is 5.99. The number of rotatable bonds is 1. The largest absolute Gasteiger partial charge is 0.508 e. The van der Waals surface area contributed by atoms with E-state index in [-0.39, 0.29) is 42.7 Å². The molecule has 0 unspecified atom stereocenters. The normalized spacial score (nSPS) is 30.2. The molecule has 4 atom stereocenters. The zero-order valence-corrected chi connectivity index (χ0v) is 19.0. The second kappa shape index (κ2) is 7.59. The van der Waals surface area contributed by atoms with Gasteiger partial charge in [0.1, 0.15) is 22.9 Å². The molecule has 1 saturated carbocycles. The molecule has 3 aliphatic carbocycles. The molecule has 4 aliphatic rings. The molecule has 1 aliphatic heterocycles. The third-order valence-corrected chi connectivity index (χ3v) is 7.56. The number of phenolic OH excluding ortho intramolecular Hbond substituents is 1. The van der Waals surface area contributed by atoms with Gasteiger partial charge in [0.25, 0.3) is 5.91 Å². The van der Waals surface area contributed by atoms with E-state index in [9.17, 15) is 39.6 Å². The quantitative estimate of drug-likeness (QED) is 0.181. The van der Waals surface area contributed by atoms with Crippen molar-refractivity contribution >= 4 is 34.8 Å². The van der Waals surface area contributed by atoms with Gasteiger partial charge in [-0.1, -0.05) is 0 Å². The van der Waals surface area contributed by atoms with Crippen LogP contribution in [-0.4, -0.2) is 73.9 Å². The highest BCUT2D eigenvalue weighted by molar-refractivity contribution is 6.24. The Hall–Kier alpha value is -3.81. The number of nitrogens with zero attached hydrogens (tertiary/aromatic N) is 1. The van der Waals surface area contributed by atoms with Gasteiger partial charge in [-0.2, -0.15) is 0 Å². The van der Waals surface area contributed by atoms with Gasteiger partial charge in [0.2, 0.25) is 11.7 Å². The van der Waals surface area contributed by atoms with E-state index in [1.54, 1.807) is 7.05 Å². The van der Waals surface area contributed by atoms with Crippen LogP contribution in [0.1, 0.15) is 23.1 Å². The highest BCUT2D eigenvalue weighted by Crippen LogP contribution is 2.53. The van der Waals surface area contributed by atoms with Crippen LogP contribution in [0.3, 0.4) is 0 Å². The topological polar surface area (TPSA) is 217 Å². The van der Waals surface area contributed by atoms with Gasteiger partial charge in [0.05, 0.1) is 23.8 Å². The fraction of sp³-hybridized carbons (Fsp3) is 0.391. The standard InChI is InChI=1S/C23H23FN4O8/c1-28-4-8-14(24)7-2-6-3-9-15(25)18(31)13(22(26)35)21(34)23(9,36)20(33)11(6)17(30)12(7)19(32)16(8)27-10(29)5-28/h6,9,15,30,32,34,36H,2-5,25H2,1H3,(H2,26,35)(H,27,29)/t6-,9-,15-,23-/m0/s1. The second-order valence-electron chi connectivity index (χ2n) is 9.67. The Bertz CT molecular complexity index is 1370. The molecule has 36 heavy (non-hydrogen) atoms. The lowest BCUT2D eigenvalue weighted by Crippen LogP contribution is -2.65. The molecule has 13 heteroatoms. The van der Waals surface area contributed by atoms with Crippen LogP contribution in [0.25, 0.3) is 5.76 Å². The Morgan fingerprint density at radius 1 is 1.17 bits per heavy atom. The lowest BCUT2D eigenvalue weighted by Gasteiger charge is -2.48. The number of fused-ring (bicyclic) bond motifs is 4. The Morgan fingerprint density at radius 3 is 2.47 bits per heavy atom. The average molecular weight is 502 g/mol. The number of ketones is 2. The minimum Gasteiger partial charge on any atom is -0.508 e. The van der Waals surface area contributed by atoms with E-state index >= 15 is 4.39 Å². The molecule has 1 heterocycles. The molecule has 0 saturated heterocycles. The number of nitrogens with two attached hydrogens (primary N) is 2. The summed E-state index contributed by atoms with van der Waals surface area (Å²) >= 11 is 0. The molecular formula is C23H23FN4O8. The maximum absolute atomic E-state index is 15.7. The van der Waals surface area contributed by atoms with Crippen molar-refractivity contribution in [1.82, 2.24) is 4.90 Å². The van der Waals surface area contributed by atoms with Crippen LogP contribution in [0, 0.1) is 17.7 Å². The molecular weight excluding hydrogens is 479 g/mol. The first-order valence-corrected chi connectivity index (χ1v) is 11.1. The number of carbonyl (C=O) groups is 4. The van der Waals surface area contributed by atoms with Gasteiger partial charge in [-0.3, -0.25) is 24.1 Å². The molecule has 12 nitrogen and oxygen atoms in total. The number of amides is 2. The first-order valence-electron chi connectivity index (χ1n) is 11.1. The number of carbonyl (C=O) groups excluding carboxylic acids is 4. The van der Waals surface area contributed by atoms with Crippen molar-refractivity contribution in [2.45, 2.75) is 31.0 Å². The molecule has 0 radical (unpaired) electrons. The third-order valence-electron chi connectivity index (χ3n) is 7.56. The zero-order chi connectivity index (χ0) is 26.4. The minimum absolute atomic E-state index is 0.00860. The predicted molar refractivity (Wildman–Crippen MR) is 120 cm³/mol. The Kier molecular flexibility index (Phi) is 5.04. The number of halogens is 1. The SMILES string of the molecule is CN1CC(=O)Nc2c(O)c3c(c(F)c2C1)C[C@H]1C[C@H]2[C@H](N)C(=O)C(C(N)=O)=C(O)[C@@]2(O)C(=O)C1=C3O. The number of anilines is 1. The van der Waals surface area contributed by atoms with Gasteiger partial charge in [-0.05, 0) is 25.8 Å². The van der Waals surface area contributed by atoms with E-state index in [0.717, 1.165) is 0 Å². The van der Waals surface area contributed by atoms with Gasteiger partial charge in [0.15, 0.2) is 17.1 Å². The van der Waals surface area contributed by atoms with Crippen LogP contribution in [0.4, 0.5) is 10.1 Å². The molecule has 0 spiro atoms. The maximum atomic E-state index is 15.7. The number of aliphatic hydroxyl groups is 3. The number of hydrogen-bond acceptors (Lipinski definition) is 10. The number of Topliss-reactive ketones (excluding diaryl/α,β-unsaturated/α-hetero) is 2. The summed E-state index contributed by atoms with van der Waals surface area (Å²) in [6.45, 7) is -0.112. The zero-order valence-electron chi connectivity index (χ0n) is 19.0. The smallest absolute Gasteiger partial charge is 0.255 e. The van der Waals surface area contributed by atoms with Gasteiger partial charge >= 0.3 is 0 Å². The molecule has 0 aromatic heterocycles. The fourth-order valence-electron chi connectivity index (χ4n) is 5.90. The number of phenols is 1. The molecule has 190 valence electrons. The van der Waals surface area contributed by atoms with Crippen LogP contribution >= 0.6 is 0 Å². The molecule has 5 rings (SSSR count). The minimum atomic E-state index is -2.86. The monoisotopic (exact) mass is 502 g/mol. The van der Waals surface area contributed by atoms with Gasteiger partial charge in [-0.15, -0.1) is 0 Å². The lowest BCUT2D eigenvalue weighted by atomic mass is 9.58. The summed E-state index contributed by atoms with van der Waals surface area (Å²) in [5.74, 6) is -10.2. The number of hydrogen-bond donors (Lipinski definition) is 7. The number of aromatic hydroxyl groups is 1. The van der Waals surface area contributed by atoms with Crippen LogP contribution in [0.5, 0.6) is 5.75 Å². The summed E-state index contributed by atoms with van der Waals surface area (Å²) < 4.78 is 15.7. The first-order chi connectivity index (χ1) is 16.8.